The Morgan fingerprint density at radius 2 is 1.90 bits per heavy atom. The number of hydrogen-bond donors (Lipinski definition) is 1. The molecule has 2 saturated heterocycles. The molecule has 29 heavy (non-hydrogen) atoms. The van der Waals surface area contributed by atoms with E-state index in [1.165, 1.54) is 5.56 Å². The van der Waals surface area contributed by atoms with Crippen LogP contribution in [0.25, 0.3) is 0 Å². The molecule has 0 spiro atoms. The van der Waals surface area contributed by atoms with Crippen molar-refractivity contribution in [2.45, 2.75) is 58.1 Å². The molecule has 2 unspecified atom stereocenters. The van der Waals surface area contributed by atoms with Crippen molar-refractivity contribution in [1.82, 2.24) is 15.1 Å². The van der Waals surface area contributed by atoms with Gasteiger partial charge in [0, 0.05) is 26.2 Å². The lowest BCUT2D eigenvalue weighted by molar-refractivity contribution is -0.125. The first-order valence-corrected chi connectivity index (χ1v) is 10.9. The molecule has 0 radical (unpaired) electrons. The van der Waals surface area contributed by atoms with E-state index in [0.29, 0.717) is 25.4 Å². The number of carbonyl (C=O) groups excluding carboxylic acids is 2. The maximum atomic E-state index is 12.7. The maximum Gasteiger partial charge on any atom is 0.410 e. The topological polar surface area (TPSA) is 61.9 Å². The van der Waals surface area contributed by atoms with Gasteiger partial charge in [0.15, 0.2) is 0 Å². The van der Waals surface area contributed by atoms with E-state index in [9.17, 15) is 9.59 Å². The van der Waals surface area contributed by atoms with Crippen LogP contribution in [-0.4, -0.2) is 66.2 Å². The van der Waals surface area contributed by atoms with Crippen molar-refractivity contribution in [3.05, 3.63) is 35.9 Å². The van der Waals surface area contributed by atoms with E-state index in [0.717, 1.165) is 38.9 Å². The van der Waals surface area contributed by atoms with Crippen molar-refractivity contribution < 1.29 is 14.3 Å². The fraction of sp³-hybridized carbons (Fsp3) is 0.652. The summed E-state index contributed by atoms with van der Waals surface area (Å²) in [5.74, 6) is 0.433. The second kappa shape index (κ2) is 9.61. The van der Waals surface area contributed by atoms with Gasteiger partial charge in [-0.2, -0.15) is 0 Å². The van der Waals surface area contributed by atoms with Gasteiger partial charge >= 0.3 is 6.09 Å². The minimum absolute atomic E-state index is 0.0453. The first-order valence-electron chi connectivity index (χ1n) is 10.9. The fourth-order valence-corrected chi connectivity index (χ4v) is 4.16. The third kappa shape index (κ3) is 6.46. The summed E-state index contributed by atoms with van der Waals surface area (Å²) in [6.45, 7) is 9.97. The zero-order valence-corrected chi connectivity index (χ0v) is 18.0. The summed E-state index contributed by atoms with van der Waals surface area (Å²) in [6.07, 6.45) is 3.33. The van der Waals surface area contributed by atoms with E-state index in [2.05, 4.69) is 34.5 Å². The van der Waals surface area contributed by atoms with Gasteiger partial charge in [-0.25, -0.2) is 4.79 Å². The zero-order valence-electron chi connectivity index (χ0n) is 18.0. The molecule has 1 N–H and O–H groups in total. The van der Waals surface area contributed by atoms with Crippen LogP contribution in [0.4, 0.5) is 4.79 Å². The number of rotatable bonds is 6. The molecule has 0 bridgehead atoms. The lowest BCUT2D eigenvalue weighted by Crippen LogP contribution is -2.48. The Hall–Kier alpha value is -2.08. The summed E-state index contributed by atoms with van der Waals surface area (Å²) in [4.78, 5) is 29.1. The number of likely N-dealkylation sites (tertiary alicyclic amines) is 2. The van der Waals surface area contributed by atoms with E-state index in [-0.39, 0.29) is 12.0 Å². The van der Waals surface area contributed by atoms with Crippen molar-refractivity contribution in [3.63, 3.8) is 0 Å². The number of carbonyl (C=O) groups is 2. The summed E-state index contributed by atoms with van der Waals surface area (Å²) < 4.78 is 5.46. The van der Waals surface area contributed by atoms with E-state index in [1.807, 2.05) is 26.8 Å². The minimum atomic E-state index is -0.548. The van der Waals surface area contributed by atoms with Crippen LogP contribution in [0.15, 0.2) is 30.3 Å². The van der Waals surface area contributed by atoms with Crippen LogP contribution >= 0.6 is 0 Å². The van der Waals surface area contributed by atoms with E-state index in [1.54, 1.807) is 4.90 Å². The number of nitrogens with one attached hydrogen (secondary N) is 1. The lowest BCUT2D eigenvalue weighted by Gasteiger charge is -2.28. The molecule has 2 aliphatic rings. The quantitative estimate of drug-likeness (QED) is 0.796. The predicted molar refractivity (Wildman–Crippen MR) is 114 cm³/mol. The summed E-state index contributed by atoms with van der Waals surface area (Å²) >= 11 is 0. The molecule has 1 aromatic carbocycles. The lowest BCUT2D eigenvalue weighted by atomic mass is 10.1. The molecule has 1 aromatic rings. The summed E-state index contributed by atoms with van der Waals surface area (Å²) in [6, 6.07) is 10.2. The summed E-state index contributed by atoms with van der Waals surface area (Å²) in [5.41, 5.74) is 0.820. The van der Waals surface area contributed by atoms with Crippen molar-refractivity contribution in [3.8, 4) is 0 Å². The first kappa shape index (κ1) is 21.6. The Morgan fingerprint density at radius 3 is 2.62 bits per heavy atom. The fourth-order valence-electron chi connectivity index (χ4n) is 4.16. The summed E-state index contributed by atoms with van der Waals surface area (Å²) in [7, 11) is 0. The molecule has 2 aliphatic heterocycles. The molecule has 2 atom stereocenters. The zero-order chi connectivity index (χ0) is 20.9. The number of nitrogens with zero attached hydrogens (tertiary/aromatic N) is 2. The normalized spacial score (nSPS) is 22.7. The Morgan fingerprint density at radius 1 is 1.14 bits per heavy atom. The van der Waals surface area contributed by atoms with E-state index >= 15 is 0 Å². The third-order valence-electron chi connectivity index (χ3n) is 5.68. The Labute approximate surface area is 174 Å². The van der Waals surface area contributed by atoms with Gasteiger partial charge in [0.25, 0.3) is 0 Å². The summed E-state index contributed by atoms with van der Waals surface area (Å²) in [5, 5.41) is 3.09. The molecule has 2 fully saturated rings. The van der Waals surface area contributed by atoms with Crippen LogP contribution in [0.1, 0.15) is 45.6 Å². The first-order chi connectivity index (χ1) is 13.8. The van der Waals surface area contributed by atoms with Crippen LogP contribution in [0.3, 0.4) is 0 Å². The number of hydrogen-bond acceptors (Lipinski definition) is 4. The van der Waals surface area contributed by atoms with Crippen molar-refractivity contribution >= 4 is 12.0 Å². The van der Waals surface area contributed by atoms with Gasteiger partial charge in [-0.1, -0.05) is 30.3 Å². The molecule has 6 nitrogen and oxygen atoms in total. The van der Waals surface area contributed by atoms with Gasteiger partial charge in [0.05, 0.1) is 0 Å². The molecule has 0 aliphatic carbocycles. The SMILES string of the molecule is CC(C)(C)OC(=O)N1CCCC1C(=O)NCC1CCN(CCc2ccccc2)C1. The molecule has 6 heteroatoms. The van der Waals surface area contributed by atoms with Crippen LogP contribution in [-0.2, 0) is 16.0 Å². The van der Waals surface area contributed by atoms with Gasteiger partial charge in [-0.15, -0.1) is 0 Å². The van der Waals surface area contributed by atoms with Crippen molar-refractivity contribution in [2.75, 3.05) is 32.7 Å². The standard InChI is InChI=1S/C23H35N3O3/c1-23(2,3)29-22(28)26-13-7-10-20(26)21(27)24-16-19-12-15-25(17-19)14-11-18-8-5-4-6-9-18/h4-6,8-9,19-20H,7,10-17H2,1-3H3,(H,24,27). The van der Waals surface area contributed by atoms with Crippen LogP contribution in [0.2, 0.25) is 0 Å². The van der Waals surface area contributed by atoms with Gasteiger partial charge < -0.3 is 15.0 Å². The molecule has 2 amide bonds. The molecule has 3 rings (SSSR count). The largest absolute Gasteiger partial charge is 0.444 e. The van der Waals surface area contributed by atoms with Crippen LogP contribution in [0, 0.1) is 5.92 Å². The highest BCUT2D eigenvalue weighted by molar-refractivity contribution is 5.86. The average molecular weight is 402 g/mol. The maximum absolute atomic E-state index is 12.7. The predicted octanol–water partition coefficient (Wildman–Crippen LogP) is 3.07. The third-order valence-corrected chi connectivity index (χ3v) is 5.68. The minimum Gasteiger partial charge on any atom is -0.444 e. The van der Waals surface area contributed by atoms with E-state index < -0.39 is 11.6 Å². The van der Waals surface area contributed by atoms with Gasteiger partial charge in [-0.05, 0) is 64.5 Å². The van der Waals surface area contributed by atoms with Crippen molar-refractivity contribution in [2.24, 2.45) is 5.92 Å². The Kier molecular flexibility index (Phi) is 7.17. The van der Waals surface area contributed by atoms with Gasteiger partial charge in [0.1, 0.15) is 11.6 Å². The number of amides is 2. The van der Waals surface area contributed by atoms with Gasteiger partial charge in [-0.3, -0.25) is 9.69 Å². The molecular weight excluding hydrogens is 366 g/mol. The van der Waals surface area contributed by atoms with Crippen LogP contribution in [0.5, 0.6) is 0 Å². The molecule has 0 aromatic heterocycles. The highest BCUT2D eigenvalue weighted by Crippen LogP contribution is 2.22. The molecular formula is C23H35N3O3. The molecule has 160 valence electrons. The molecule has 2 heterocycles. The Balaban J connectivity index is 1.40. The van der Waals surface area contributed by atoms with E-state index in [4.69, 9.17) is 4.74 Å². The highest BCUT2D eigenvalue weighted by Gasteiger charge is 2.36. The van der Waals surface area contributed by atoms with Crippen molar-refractivity contribution in [1.29, 1.82) is 0 Å². The smallest absolute Gasteiger partial charge is 0.410 e. The number of benzene rings is 1. The highest BCUT2D eigenvalue weighted by atomic mass is 16.6. The number of ether oxygens (including phenoxy) is 1. The Bertz CT molecular complexity index is 686. The molecule has 0 saturated carbocycles. The van der Waals surface area contributed by atoms with Crippen LogP contribution < -0.4 is 5.32 Å². The monoisotopic (exact) mass is 401 g/mol. The average Bonchev–Trinajstić information content (AvgIpc) is 3.33. The second-order valence-electron chi connectivity index (χ2n) is 9.27. The second-order valence-corrected chi connectivity index (χ2v) is 9.27. The van der Waals surface area contributed by atoms with Gasteiger partial charge in [0.2, 0.25) is 5.91 Å².